The van der Waals surface area contributed by atoms with Crippen molar-refractivity contribution >= 4 is 34.5 Å². The number of carbonyl (C=O) groups excluding carboxylic acids is 2. The number of fused-ring (bicyclic) bond motifs is 2. The Bertz CT molecular complexity index is 1460. The van der Waals surface area contributed by atoms with Crippen molar-refractivity contribution in [3.8, 4) is 11.5 Å². The van der Waals surface area contributed by atoms with Gasteiger partial charge in [-0.3, -0.25) is 9.59 Å². The Hall–Kier alpha value is -4.41. The normalized spacial score (nSPS) is 14.1. The number of hydrogen-bond acceptors (Lipinski definition) is 7. The Labute approximate surface area is 193 Å². The maximum absolute atomic E-state index is 14.3. The third kappa shape index (κ3) is 3.51. The molecule has 10 nitrogen and oxygen atoms in total. The van der Waals surface area contributed by atoms with Crippen LogP contribution >= 0.6 is 0 Å². The SMILES string of the molecule is CC1(C)C(=O)Nc2nc(-c3nn(Cc4ccccc4F)c4ncccc34)nc(NCC(N)=O)c21. The number of primary amides is 1. The standard InChI is InChI=1S/C23H21FN8O2/c1-23(2)16-18(27-10-15(25)33)28-20(29-19(16)30-22(23)34)17-13-7-5-9-26-21(13)32(31-17)11-12-6-3-4-8-14(12)24/h3-9H,10-11H2,1-2H3,(H2,25,33)(H2,27,28,29,30,34). The minimum Gasteiger partial charge on any atom is -0.368 e. The summed E-state index contributed by atoms with van der Waals surface area (Å²) in [6, 6.07) is 10.0. The third-order valence-electron chi connectivity index (χ3n) is 5.76. The Morgan fingerprint density at radius 2 is 2.00 bits per heavy atom. The number of anilines is 2. The summed E-state index contributed by atoms with van der Waals surface area (Å²) in [6.45, 7) is 3.48. The number of nitrogens with two attached hydrogens (primary N) is 1. The first-order valence-electron chi connectivity index (χ1n) is 10.6. The van der Waals surface area contributed by atoms with Crippen LogP contribution in [0.25, 0.3) is 22.6 Å². The first-order valence-corrected chi connectivity index (χ1v) is 10.6. The van der Waals surface area contributed by atoms with E-state index in [-0.39, 0.29) is 30.6 Å². The molecule has 0 saturated carbocycles. The minimum atomic E-state index is -0.915. The average molecular weight is 460 g/mol. The van der Waals surface area contributed by atoms with E-state index in [9.17, 15) is 14.0 Å². The van der Waals surface area contributed by atoms with Gasteiger partial charge in [0.2, 0.25) is 11.8 Å². The van der Waals surface area contributed by atoms with Crippen LogP contribution < -0.4 is 16.4 Å². The van der Waals surface area contributed by atoms with E-state index in [1.165, 1.54) is 6.07 Å². The Morgan fingerprint density at radius 1 is 1.21 bits per heavy atom. The van der Waals surface area contributed by atoms with Crippen LogP contribution in [-0.2, 0) is 21.5 Å². The molecule has 1 aromatic carbocycles. The number of halogens is 1. The number of carbonyl (C=O) groups is 2. The molecule has 2 amide bonds. The van der Waals surface area contributed by atoms with Gasteiger partial charge in [-0.05, 0) is 32.0 Å². The van der Waals surface area contributed by atoms with Crippen molar-refractivity contribution in [1.82, 2.24) is 24.7 Å². The van der Waals surface area contributed by atoms with Crippen molar-refractivity contribution in [1.29, 1.82) is 0 Å². The van der Waals surface area contributed by atoms with Gasteiger partial charge in [-0.25, -0.2) is 24.0 Å². The molecule has 0 fully saturated rings. The highest BCUT2D eigenvalue weighted by molar-refractivity contribution is 6.06. The highest BCUT2D eigenvalue weighted by Crippen LogP contribution is 2.41. The number of benzene rings is 1. The van der Waals surface area contributed by atoms with Gasteiger partial charge in [-0.15, -0.1) is 0 Å². The van der Waals surface area contributed by atoms with Crippen molar-refractivity contribution in [2.45, 2.75) is 25.8 Å². The molecule has 0 saturated heterocycles. The zero-order chi connectivity index (χ0) is 24.0. The van der Waals surface area contributed by atoms with Crippen molar-refractivity contribution in [3.63, 3.8) is 0 Å². The monoisotopic (exact) mass is 460 g/mol. The fourth-order valence-corrected chi connectivity index (χ4v) is 4.00. The van der Waals surface area contributed by atoms with Crippen LogP contribution in [0.5, 0.6) is 0 Å². The van der Waals surface area contributed by atoms with Crippen LogP contribution in [0.15, 0.2) is 42.6 Å². The van der Waals surface area contributed by atoms with Crippen LogP contribution in [-0.4, -0.2) is 43.1 Å². The lowest BCUT2D eigenvalue weighted by molar-refractivity contribution is -0.119. The summed E-state index contributed by atoms with van der Waals surface area (Å²) in [5.74, 6) is -0.315. The van der Waals surface area contributed by atoms with E-state index >= 15 is 0 Å². The minimum absolute atomic E-state index is 0.154. The van der Waals surface area contributed by atoms with Gasteiger partial charge in [-0.2, -0.15) is 5.10 Å². The predicted octanol–water partition coefficient (Wildman–Crippen LogP) is 2.20. The molecule has 0 spiro atoms. The molecule has 3 aromatic heterocycles. The Kier molecular flexibility index (Phi) is 4.96. The quantitative estimate of drug-likeness (QED) is 0.401. The number of amides is 2. The van der Waals surface area contributed by atoms with Gasteiger partial charge >= 0.3 is 0 Å². The molecule has 1 aliphatic heterocycles. The molecule has 172 valence electrons. The summed E-state index contributed by atoms with van der Waals surface area (Å²) in [7, 11) is 0. The molecular formula is C23H21FN8O2. The average Bonchev–Trinajstić information content (AvgIpc) is 3.28. The maximum atomic E-state index is 14.3. The number of rotatable bonds is 6. The lowest BCUT2D eigenvalue weighted by atomic mass is 9.87. The molecule has 4 heterocycles. The fraction of sp³-hybridized carbons (Fsp3) is 0.217. The second kappa shape index (κ2) is 7.87. The number of aromatic nitrogens is 5. The highest BCUT2D eigenvalue weighted by Gasteiger charge is 2.43. The Morgan fingerprint density at radius 3 is 2.76 bits per heavy atom. The second-order valence-electron chi connectivity index (χ2n) is 8.49. The van der Waals surface area contributed by atoms with E-state index in [2.05, 4.69) is 30.7 Å². The summed E-state index contributed by atoms with van der Waals surface area (Å²) in [5, 5.41) is 11.0. The van der Waals surface area contributed by atoms with Crippen LogP contribution in [0.2, 0.25) is 0 Å². The third-order valence-corrected chi connectivity index (χ3v) is 5.76. The van der Waals surface area contributed by atoms with E-state index in [0.29, 0.717) is 39.5 Å². The van der Waals surface area contributed by atoms with Crippen molar-refractivity contribution < 1.29 is 14.0 Å². The van der Waals surface area contributed by atoms with Crippen molar-refractivity contribution in [3.05, 3.63) is 59.5 Å². The summed E-state index contributed by atoms with van der Waals surface area (Å²) in [4.78, 5) is 37.6. The smallest absolute Gasteiger partial charge is 0.236 e. The lowest BCUT2D eigenvalue weighted by Crippen LogP contribution is -2.29. The molecule has 0 radical (unpaired) electrons. The molecule has 4 N–H and O–H groups in total. The molecule has 0 aliphatic carbocycles. The van der Waals surface area contributed by atoms with Gasteiger partial charge in [0.15, 0.2) is 11.5 Å². The number of hydrogen-bond donors (Lipinski definition) is 3. The molecule has 0 atom stereocenters. The Balaban J connectivity index is 1.67. The van der Waals surface area contributed by atoms with Gasteiger partial charge in [0.25, 0.3) is 0 Å². The van der Waals surface area contributed by atoms with Crippen LogP contribution in [0.1, 0.15) is 25.0 Å². The zero-order valence-electron chi connectivity index (χ0n) is 18.5. The van der Waals surface area contributed by atoms with Crippen LogP contribution in [0.4, 0.5) is 16.0 Å². The molecule has 5 rings (SSSR count). The van der Waals surface area contributed by atoms with E-state index in [4.69, 9.17) is 5.73 Å². The topological polar surface area (TPSA) is 141 Å². The molecule has 1 aliphatic rings. The maximum Gasteiger partial charge on any atom is 0.236 e. The predicted molar refractivity (Wildman–Crippen MR) is 123 cm³/mol. The second-order valence-corrected chi connectivity index (χ2v) is 8.49. The summed E-state index contributed by atoms with van der Waals surface area (Å²) < 4.78 is 15.9. The zero-order valence-corrected chi connectivity index (χ0v) is 18.5. The number of pyridine rings is 1. The van der Waals surface area contributed by atoms with E-state index < -0.39 is 11.3 Å². The largest absolute Gasteiger partial charge is 0.368 e. The molecule has 4 aromatic rings. The first kappa shape index (κ1) is 21.4. The highest BCUT2D eigenvalue weighted by atomic mass is 19.1. The van der Waals surface area contributed by atoms with Gasteiger partial charge in [0.1, 0.15) is 23.1 Å². The number of nitrogens with one attached hydrogen (secondary N) is 2. The summed E-state index contributed by atoms with van der Waals surface area (Å²) in [6.07, 6.45) is 1.62. The van der Waals surface area contributed by atoms with Gasteiger partial charge < -0.3 is 16.4 Å². The van der Waals surface area contributed by atoms with Crippen LogP contribution in [0, 0.1) is 5.82 Å². The van der Waals surface area contributed by atoms with E-state index in [0.717, 1.165) is 0 Å². The lowest BCUT2D eigenvalue weighted by Gasteiger charge is -2.18. The molecule has 11 heteroatoms. The van der Waals surface area contributed by atoms with Gasteiger partial charge in [0, 0.05) is 11.8 Å². The van der Waals surface area contributed by atoms with E-state index in [1.807, 2.05) is 6.07 Å². The van der Waals surface area contributed by atoms with Crippen LogP contribution in [0.3, 0.4) is 0 Å². The fourth-order valence-electron chi connectivity index (χ4n) is 4.00. The molecule has 34 heavy (non-hydrogen) atoms. The number of nitrogens with zero attached hydrogens (tertiary/aromatic N) is 5. The van der Waals surface area contributed by atoms with Crippen molar-refractivity contribution in [2.24, 2.45) is 5.73 Å². The van der Waals surface area contributed by atoms with Crippen molar-refractivity contribution in [2.75, 3.05) is 17.2 Å². The van der Waals surface area contributed by atoms with Gasteiger partial charge in [0.05, 0.1) is 29.5 Å². The first-order chi connectivity index (χ1) is 16.3. The van der Waals surface area contributed by atoms with E-state index in [1.54, 1.807) is 49.0 Å². The summed E-state index contributed by atoms with van der Waals surface area (Å²) >= 11 is 0. The molecular weight excluding hydrogens is 439 g/mol. The summed E-state index contributed by atoms with van der Waals surface area (Å²) in [5.41, 5.74) is 6.32. The molecule has 0 bridgehead atoms. The molecule has 0 unspecified atom stereocenters. The van der Waals surface area contributed by atoms with Gasteiger partial charge in [-0.1, -0.05) is 18.2 Å².